The minimum absolute atomic E-state index is 0.184. The summed E-state index contributed by atoms with van der Waals surface area (Å²) < 4.78 is 0.994. The van der Waals surface area contributed by atoms with Crippen LogP contribution in [0.4, 0.5) is 0 Å². The summed E-state index contributed by atoms with van der Waals surface area (Å²) in [6.07, 6.45) is 3.32. The maximum absolute atomic E-state index is 9.81. The van der Waals surface area contributed by atoms with Gasteiger partial charge in [-0.2, -0.15) is 0 Å². The van der Waals surface area contributed by atoms with Crippen molar-refractivity contribution in [1.82, 2.24) is 10.3 Å². The summed E-state index contributed by atoms with van der Waals surface area (Å²) in [5.41, 5.74) is 1.05. The minimum atomic E-state index is -0.184. The van der Waals surface area contributed by atoms with Crippen LogP contribution in [0.1, 0.15) is 12.1 Å². The van der Waals surface area contributed by atoms with E-state index in [4.69, 9.17) is 0 Å². The zero-order chi connectivity index (χ0) is 10.7. The van der Waals surface area contributed by atoms with Crippen LogP contribution in [0.3, 0.4) is 0 Å². The van der Waals surface area contributed by atoms with Crippen LogP contribution in [0.2, 0.25) is 0 Å². The van der Waals surface area contributed by atoms with Gasteiger partial charge in [0, 0.05) is 28.8 Å². The van der Waals surface area contributed by atoms with Crippen LogP contribution < -0.4 is 5.32 Å². The van der Waals surface area contributed by atoms with Crippen LogP contribution in [0, 0.1) is 5.92 Å². The molecule has 1 aromatic rings. The molecule has 2 rings (SSSR count). The zero-order valence-corrected chi connectivity index (χ0v) is 10.1. The maximum atomic E-state index is 9.81. The third-order valence-corrected chi connectivity index (χ3v) is 3.30. The Morgan fingerprint density at radius 2 is 2.40 bits per heavy atom. The summed E-state index contributed by atoms with van der Waals surface area (Å²) in [7, 11) is 0. The third kappa shape index (κ3) is 3.00. The molecule has 0 amide bonds. The van der Waals surface area contributed by atoms with Gasteiger partial charge >= 0.3 is 0 Å². The molecule has 1 saturated heterocycles. The van der Waals surface area contributed by atoms with E-state index in [0.717, 1.165) is 36.1 Å². The van der Waals surface area contributed by atoms with Crippen LogP contribution in [0.5, 0.6) is 0 Å². The SMILES string of the molecule is OC1CCNCC1Cc1ccc(Br)cn1. The van der Waals surface area contributed by atoms with E-state index in [1.165, 1.54) is 0 Å². The second-order valence-electron chi connectivity index (χ2n) is 3.99. The second-order valence-corrected chi connectivity index (χ2v) is 4.91. The Hall–Kier alpha value is -0.450. The highest BCUT2D eigenvalue weighted by atomic mass is 79.9. The highest BCUT2D eigenvalue weighted by Gasteiger charge is 2.23. The molecule has 4 heteroatoms. The third-order valence-electron chi connectivity index (χ3n) is 2.83. The molecule has 0 aliphatic carbocycles. The molecule has 1 aliphatic heterocycles. The van der Waals surface area contributed by atoms with Crippen molar-refractivity contribution in [3.63, 3.8) is 0 Å². The number of nitrogens with zero attached hydrogens (tertiary/aromatic N) is 1. The number of piperidine rings is 1. The van der Waals surface area contributed by atoms with Crippen molar-refractivity contribution in [2.45, 2.75) is 18.9 Å². The zero-order valence-electron chi connectivity index (χ0n) is 8.49. The van der Waals surface area contributed by atoms with Crippen molar-refractivity contribution in [3.8, 4) is 0 Å². The van der Waals surface area contributed by atoms with Crippen LogP contribution in [-0.2, 0) is 6.42 Å². The van der Waals surface area contributed by atoms with Gasteiger partial charge in [0.1, 0.15) is 0 Å². The van der Waals surface area contributed by atoms with E-state index < -0.39 is 0 Å². The smallest absolute Gasteiger partial charge is 0.0596 e. The van der Waals surface area contributed by atoms with E-state index >= 15 is 0 Å². The first kappa shape index (κ1) is 11.0. The topological polar surface area (TPSA) is 45.1 Å². The monoisotopic (exact) mass is 270 g/mol. The lowest BCUT2D eigenvalue weighted by molar-refractivity contribution is 0.0786. The highest BCUT2D eigenvalue weighted by molar-refractivity contribution is 9.10. The van der Waals surface area contributed by atoms with E-state index in [9.17, 15) is 5.11 Å². The number of hydrogen-bond acceptors (Lipinski definition) is 3. The lowest BCUT2D eigenvalue weighted by Gasteiger charge is -2.28. The van der Waals surface area contributed by atoms with Crippen LogP contribution >= 0.6 is 15.9 Å². The van der Waals surface area contributed by atoms with Crippen molar-refractivity contribution in [1.29, 1.82) is 0 Å². The Labute approximate surface area is 98.0 Å². The van der Waals surface area contributed by atoms with E-state index in [2.05, 4.69) is 26.2 Å². The number of rotatable bonds is 2. The molecule has 2 N–H and O–H groups in total. The molecule has 0 bridgehead atoms. The number of aromatic nitrogens is 1. The predicted molar refractivity (Wildman–Crippen MR) is 62.6 cm³/mol. The summed E-state index contributed by atoms with van der Waals surface area (Å²) in [6.45, 7) is 1.81. The van der Waals surface area contributed by atoms with E-state index in [-0.39, 0.29) is 6.10 Å². The summed E-state index contributed by atoms with van der Waals surface area (Å²) >= 11 is 3.36. The predicted octanol–water partition coefficient (Wildman–Crippen LogP) is 1.36. The molecular weight excluding hydrogens is 256 g/mol. The number of halogens is 1. The molecule has 0 saturated carbocycles. The van der Waals surface area contributed by atoms with Crippen molar-refractivity contribution >= 4 is 15.9 Å². The van der Waals surface area contributed by atoms with E-state index in [0.29, 0.717) is 5.92 Å². The molecule has 2 heterocycles. The van der Waals surface area contributed by atoms with Gasteiger partial charge in [-0.25, -0.2) is 0 Å². The standard InChI is InChI=1S/C11H15BrN2O/c12-9-1-2-10(14-7-9)5-8-6-13-4-3-11(8)15/h1-2,7-8,11,13,15H,3-6H2. The Kier molecular flexibility index (Phi) is 3.72. The Bertz CT molecular complexity index is 315. The quantitative estimate of drug-likeness (QED) is 0.853. The van der Waals surface area contributed by atoms with Gasteiger partial charge in [0.2, 0.25) is 0 Å². The Balaban J connectivity index is 1.98. The summed E-state index contributed by atoms with van der Waals surface area (Å²) in [6, 6.07) is 4.00. The molecule has 15 heavy (non-hydrogen) atoms. The number of aliphatic hydroxyl groups excluding tert-OH is 1. The number of aliphatic hydroxyl groups is 1. The second kappa shape index (κ2) is 5.05. The summed E-state index contributed by atoms with van der Waals surface area (Å²) in [5.74, 6) is 0.299. The first-order valence-corrected chi connectivity index (χ1v) is 6.04. The molecule has 0 radical (unpaired) electrons. The summed E-state index contributed by atoms with van der Waals surface area (Å²) in [4.78, 5) is 4.32. The fourth-order valence-corrected chi connectivity index (χ4v) is 2.15. The van der Waals surface area contributed by atoms with Gasteiger partial charge in [-0.3, -0.25) is 4.98 Å². The molecule has 1 fully saturated rings. The van der Waals surface area contributed by atoms with Gasteiger partial charge in [-0.1, -0.05) is 0 Å². The number of nitrogens with one attached hydrogen (secondary N) is 1. The number of hydrogen-bond donors (Lipinski definition) is 2. The van der Waals surface area contributed by atoms with Gasteiger partial charge in [0.25, 0.3) is 0 Å². The largest absolute Gasteiger partial charge is 0.393 e. The number of pyridine rings is 1. The van der Waals surface area contributed by atoms with Gasteiger partial charge in [-0.15, -0.1) is 0 Å². The Morgan fingerprint density at radius 3 is 3.07 bits per heavy atom. The van der Waals surface area contributed by atoms with Gasteiger partial charge in [-0.05, 0) is 47.4 Å². The lowest BCUT2D eigenvalue weighted by atomic mass is 9.91. The van der Waals surface area contributed by atoms with Crippen molar-refractivity contribution in [2.75, 3.05) is 13.1 Å². The average molecular weight is 271 g/mol. The molecule has 0 aromatic carbocycles. The van der Waals surface area contributed by atoms with Gasteiger partial charge < -0.3 is 10.4 Å². The molecule has 2 unspecified atom stereocenters. The maximum Gasteiger partial charge on any atom is 0.0596 e. The molecule has 3 nitrogen and oxygen atoms in total. The summed E-state index contributed by atoms with van der Waals surface area (Å²) in [5, 5.41) is 13.1. The molecule has 82 valence electrons. The van der Waals surface area contributed by atoms with Crippen LogP contribution in [-0.4, -0.2) is 29.3 Å². The molecule has 0 spiro atoms. The van der Waals surface area contributed by atoms with Crippen LogP contribution in [0.15, 0.2) is 22.8 Å². The highest BCUT2D eigenvalue weighted by Crippen LogP contribution is 2.17. The van der Waals surface area contributed by atoms with E-state index in [1.54, 1.807) is 6.20 Å². The van der Waals surface area contributed by atoms with Crippen molar-refractivity contribution in [3.05, 3.63) is 28.5 Å². The Morgan fingerprint density at radius 1 is 1.53 bits per heavy atom. The van der Waals surface area contributed by atoms with Gasteiger partial charge in [0.15, 0.2) is 0 Å². The fourth-order valence-electron chi connectivity index (χ4n) is 1.91. The average Bonchev–Trinajstić information content (AvgIpc) is 2.25. The minimum Gasteiger partial charge on any atom is -0.393 e. The first-order chi connectivity index (χ1) is 7.25. The lowest BCUT2D eigenvalue weighted by Crippen LogP contribution is -2.40. The first-order valence-electron chi connectivity index (χ1n) is 5.25. The van der Waals surface area contributed by atoms with E-state index in [1.807, 2.05) is 12.1 Å². The fraction of sp³-hybridized carbons (Fsp3) is 0.545. The normalized spacial score (nSPS) is 26.5. The molecule has 2 atom stereocenters. The van der Waals surface area contributed by atoms with Crippen molar-refractivity contribution in [2.24, 2.45) is 5.92 Å². The molecular formula is C11H15BrN2O. The van der Waals surface area contributed by atoms with Crippen molar-refractivity contribution < 1.29 is 5.11 Å². The molecule has 1 aliphatic rings. The van der Waals surface area contributed by atoms with Gasteiger partial charge in [0.05, 0.1) is 6.10 Å². The molecule has 1 aromatic heterocycles. The van der Waals surface area contributed by atoms with Crippen LogP contribution in [0.25, 0.3) is 0 Å².